The number of rotatable bonds is 7. The Kier molecular flexibility index (Phi) is 7.56. The summed E-state index contributed by atoms with van der Waals surface area (Å²) in [7, 11) is 1.73. The van der Waals surface area contributed by atoms with Crippen LogP contribution in [0.25, 0.3) is 27.7 Å². The van der Waals surface area contributed by atoms with Crippen LogP contribution in [0.1, 0.15) is 61.7 Å². The van der Waals surface area contributed by atoms with Gasteiger partial charge < -0.3 is 20.4 Å². The largest absolute Gasteiger partial charge is 0.522 e. The van der Waals surface area contributed by atoms with E-state index in [1.807, 2.05) is 24.5 Å². The molecule has 0 unspecified atom stereocenters. The van der Waals surface area contributed by atoms with Gasteiger partial charge in [-0.2, -0.15) is 10.1 Å². The second-order valence-corrected chi connectivity index (χ2v) is 10.8. The standard InChI is InChI=1S/C28H32F3N7O3/c1-40-19-6-2-17(3-7-19)35-26(39)23-15-34-38-11-10-16(12-24(23)38)21-13-32-25-22(21)14-33-27(37-25)36-18-4-8-20(9-5-18)41-28(29,30)31/h10-15,17-20H,2-9H2,1H3,(H,35,39)(H2,32,33,36,37). The van der Waals surface area contributed by atoms with E-state index in [0.717, 1.165) is 42.2 Å². The number of halogens is 3. The second kappa shape index (κ2) is 11.3. The molecule has 13 heteroatoms. The first kappa shape index (κ1) is 27.5. The van der Waals surface area contributed by atoms with Crippen LogP contribution >= 0.6 is 0 Å². The number of carbonyl (C=O) groups excluding carboxylic acids is 1. The van der Waals surface area contributed by atoms with E-state index in [1.54, 1.807) is 24.0 Å². The maximum Gasteiger partial charge on any atom is 0.522 e. The van der Waals surface area contributed by atoms with Crippen LogP contribution in [0.15, 0.2) is 36.9 Å². The first-order valence-electron chi connectivity index (χ1n) is 13.9. The maximum atomic E-state index is 13.1. The summed E-state index contributed by atoms with van der Waals surface area (Å²) in [6, 6.07) is 3.94. The van der Waals surface area contributed by atoms with Gasteiger partial charge in [-0.05, 0) is 69.1 Å². The normalized spacial score (nSPS) is 23.6. The summed E-state index contributed by atoms with van der Waals surface area (Å²) < 4.78 is 48.8. The molecule has 0 aromatic carbocycles. The number of hydrogen-bond donors (Lipinski definition) is 3. The number of H-pyrrole nitrogens is 1. The first-order valence-corrected chi connectivity index (χ1v) is 13.9. The van der Waals surface area contributed by atoms with Crippen molar-refractivity contribution in [1.82, 2.24) is 29.9 Å². The van der Waals surface area contributed by atoms with Crippen molar-refractivity contribution in [2.24, 2.45) is 0 Å². The zero-order valence-electron chi connectivity index (χ0n) is 22.6. The van der Waals surface area contributed by atoms with E-state index in [1.165, 1.54) is 0 Å². The summed E-state index contributed by atoms with van der Waals surface area (Å²) in [5, 5.41) is 11.6. The van der Waals surface area contributed by atoms with E-state index in [0.29, 0.717) is 48.4 Å². The topological polar surface area (TPSA) is 118 Å². The van der Waals surface area contributed by atoms with E-state index in [4.69, 9.17) is 4.74 Å². The van der Waals surface area contributed by atoms with Gasteiger partial charge in [-0.3, -0.25) is 9.53 Å². The van der Waals surface area contributed by atoms with Crippen LogP contribution in [0.5, 0.6) is 0 Å². The van der Waals surface area contributed by atoms with Gasteiger partial charge in [0.2, 0.25) is 5.95 Å². The van der Waals surface area contributed by atoms with Crippen molar-refractivity contribution in [1.29, 1.82) is 0 Å². The van der Waals surface area contributed by atoms with E-state index in [9.17, 15) is 18.0 Å². The summed E-state index contributed by atoms with van der Waals surface area (Å²) in [6.07, 6.45) is 7.16. The molecule has 6 rings (SSSR count). The molecular formula is C28H32F3N7O3. The molecule has 3 N–H and O–H groups in total. The quantitative estimate of drug-likeness (QED) is 0.278. The SMILES string of the molecule is COC1CCC(NC(=O)c2cnn3ccc(-c4c[nH]c5nc(NC6CCC(OC(F)(F)F)CC6)ncc45)cc23)CC1. The number of methoxy groups -OCH3 is 1. The Labute approximate surface area is 234 Å². The average molecular weight is 572 g/mol. The number of pyridine rings is 1. The lowest BCUT2D eigenvalue weighted by molar-refractivity contribution is -0.345. The van der Waals surface area contributed by atoms with E-state index in [-0.39, 0.29) is 24.1 Å². The fraction of sp³-hybridized carbons (Fsp3) is 0.500. The molecule has 4 aromatic heterocycles. The Hall–Kier alpha value is -3.71. The fourth-order valence-electron chi connectivity index (χ4n) is 5.94. The Morgan fingerprint density at radius 2 is 1.78 bits per heavy atom. The van der Waals surface area contributed by atoms with Crippen LogP contribution in [0.4, 0.5) is 19.1 Å². The lowest BCUT2D eigenvalue weighted by Gasteiger charge is -2.29. The van der Waals surface area contributed by atoms with Crippen LogP contribution in [0.2, 0.25) is 0 Å². The number of nitrogens with zero attached hydrogens (tertiary/aromatic N) is 4. The first-order chi connectivity index (χ1) is 19.8. The number of aromatic amines is 1. The summed E-state index contributed by atoms with van der Waals surface area (Å²) in [4.78, 5) is 25.4. The number of fused-ring (bicyclic) bond motifs is 2. The molecular weight excluding hydrogens is 539 g/mol. The van der Waals surface area contributed by atoms with Crippen LogP contribution in [0, 0.1) is 0 Å². The molecule has 2 saturated carbocycles. The number of anilines is 1. The maximum absolute atomic E-state index is 13.1. The summed E-state index contributed by atoms with van der Waals surface area (Å²) in [5.41, 5.74) is 3.60. The van der Waals surface area contributed by atoms with Gasteiger partial charge in [0.05, 0.1) is 29.5 Å². The van der Waals surface area contributed by atoms with Gasteiger partial charge in [0.25, 0.3) is 5.91 Å². The summed E-state index contributed by atoms with van der Waals surface area (Å²) in [6.45, 7) is 0. The third kappa shape index (κ3) is 6.15. The molecule has 0 radical (unpaired) electrons. The van der Waals surface area contributed by atoms with Crippen molar-refractivity contribution in [3.63, 3.8) is 0 Å². The van der Waals surface area contributed by atoms with Crippen molar-refractivity contribution in [2.45, 2.75) is 82.0 Å². The monoisotopic (exact) mass is 571 g/mol. The average Bonchev–Trinajstić information content (AvgIpc) is 3.57. The van der Waals surface area contributed by atoms with E-state index in [2.05, 4.69) is 35.4 Å². The van der Waals surface area contributed by atoms with Crippen molar-refractivity contribution < 1.29 is 27.4 Å². The molecule has 0 bridgehead atoms. The van der Waals surface area contributed by atoms with Gasteiger partial charge in [-0.15, -0.1) is 13.2 Å². The molecule has 2 aliphatic carbocycles. The number of hydrogen-bond acceptors (Lipinski definition) is 7. The number of aromatic nitrogens is 5. The van der Waals surface area contributed by atoms with Crippen LogP contribution < -0.4 is 10.6 Å². The molecule has 1 amide bonds. The van der Waals surface area contributed by atoms with Gasteiger partial charge in [0.1, 0.15) is 5.65 Å². The minimum atomic E-state index is -4.61. The number of carbonyl (C=O) groups is 1. The predicted octanol–water partition coefficient (Wildman–Crippen LogP) is 5.22. The highest BCUT2D eigenvalue weighted by Crippen LogP contribution is 2.31. The van der Waals surface area contributed by atoms with E-state index >= 15 is 0 Å². The molecule has 0 atom stereocenters. The minimum absolute atomic E-state index is 0.0289. The van der Waals surface area contributed by atoms with Crippen LogP contribution in [0.3, 0.4) is 0 Å². The Bertz CT molecular complexity index is 1520. The highest BCUT2D eigenvalue weighted by molar-refractivity contribution is 6.02. The summed E-state index contributed by atoms with van der Waals surface area (Å²) in [5.74, 6) is 0.269. The number of amides is 1. The zero-order valence-corrected chi connectivity index (χ0v) is 22.6. The van der Waals surface area contributed by atoms with E-state index < -0.39 is 12.5 Å². The highest BCUT2D eigenvalue weighted by atomic mass is 19.4. The van der Waals surface area contributed by atoms with Crippen LogP contribution in [-0.4, -0.2) is 68.2 Å². The molecule has 0 saturated heterocycles. The molecule has 4 aromatic rings. The number of ether oxygens (including phenoxy) is 2. The molecule has 4 heterocycles. The molecule has 218 valence electrons. The van der Waals surface area contributed by atoms with Gasteiger partial charge in [-0.25, -0.2) is 9.50 Å². The molecule has 41 heavy (non-hydrogen) atoms. The molecule has 2 aliphatic rings. The van der Waals surface area contributed by atoms with Crippen molar-refractivity contribution in [2.75, 3.05) is 12.4 Å². The van der Waals surface area contributed by atoms with Gasteiger partial charge >= 0.3 is 6.36 Å². The lowest BCUT2D eigenvalue weighted by Crippen LogP contribution is -2.38. The lowest BCUT2D eigenvalue weighted by atomic mass is 9.93. The third-order valence-electron chi connectivity index (χ3n) is 8.16. The minimum Gasteiger partial charge on any atom is -0.381 e. The Morgan fingerprint density at radius 3 is 2.51 bits per heavy atom. The molecule has 0 aliphatic heterocycles. The number of alkyl halides is 3. The van der Waals surface area contributed by atoms with Crippen LogP contribution in [-0.2, 0) is 9.47 Å². The van der Waals surface area contributed by atoms with Gasteiger partial charge in [0.15, 0.2) is 0 Å². The molecule has 2 fully saturated rings. The second-order valence-electron chi connectivity index (χ2n) is 10.8. The third-order valence-corrected chi connectivity index (χ3v) is 8.16. The predicted molar refractivity (Wildman–Crippen MR) is 145 cm³/mol. The zero-order chi connectivity index (χ0) is 28.6. The Morgan fingerprint density at radius 1 is 1.05 bits per heavy atom. The van der Waals surface area contributed by atoms with Crippen molar-refractivity contribution in [3.05, 3.63) is 42.5 Å². The van der Waals surface area contributed by atoms with Crippen molar-refractivity contribution in [3.8, 4) is 11.1 Å². The fourth-order valence-corrected chi connectivity index (χ4v) is 5.94. The van der Waals surface area contributed by atoms with Gasteiger partial charge in [0, 0.05) is 48.7 Å². The summed E-state index contributed by atoms with van der Waals surface area (Å²) >= 11 is 0. The Balaban J connectivity index is 1.15. The molecule has 10 nitrogen and oxygen atoms in total. The smallest absolute Gasteiger partial charge is 0.381 e. The van der Waals surface area contributed by atoms with Crippen molar-refractivity contribution >= 4 is 28.4 Å². The highest BCUT2D eigenvalue weighted by Gasteiger charge is 2.35. The number of nitrogens with one attached hydrogen (secondary N) is 3. The molecule has 0 spiro atoms. The van der Waals surface area contributed by atoms with Gasteiger partial charge in [-0.1, -0.05) is 0 Å².